The molecule has 92 valence electrons. The summed E-state index contributed by atoms with van der Waals surface area (Å²) in [5.74, 6) is 1.70. The number of amides is 1. The number of anilines is 1. The first-order valence-corrected chi connectivity index (χ1v) is 7.49. The van der Waals surface area contributed by atoms with Gasteiger partial charge in [0.05, 0.1) is 0 Å². The van der Waals surface area contributed by atoms with Gasteiger partial charge in [-0.05, 0) is 42.5 Å². The average Bonchev–Trinajstić information content (AvgIpc) is 2.30. The molecular formula is C12H15BrN2OS. The third-order valence-electron chi connectivity index (χ3n) is 3.03. The van der Waals surface area contributed by atoms with Crippen LogP contribution in [-0.4, -0.2) is 23.0 Å². The summed E-state index contributed by atoms with van der Waals surface area (Å²) in [6, 6.07) is 7.82. The van der Waals surface area contributed by atoms with Crippen LogP contribution in [-0.2, 0) is 4.79 Å². The maximum absolute atomic E-state index is 11.7. The minimum Gasteiger partial charge on any atom is -0.371 e. The molecule has 5 heteroatoms. The molecule has 0 unspecified atom stereocenters. The van der Waals surface area contributed by atoms with Crippen LogP contribution in [0.5, 0.6) is 0 Å². The van der Waals surface area contributed by atoms with E-state index < -0.39 is 5.54 Å². The van der Waals surface area contributed by atoms with Crippen molar-refractivity contribution in [1.82, 2.24) is 0 Å². The average molecular weight is 315 g/mol. The van der Waals surface area contributed by atoms with Gasteiger partial charge in [0, 0.05) is 10.2 Å². The fourth-order valence-corrected chi connectivity index (χ4v) is 3.58. The Bertz CT molecular complexity index is 419. The van der Waals surface area contributed by atoms with Crippen LogP contribution in [0.1, 0.15) is 12.8 Å². The van der Waals surface area contributed by atoms with E-state index in [1.54, 1.807) is 0 Å². The van der Waals surface area contributed by atoms with Gasteiger partial charge in [0.25, 0.3) is 0 Å². The largest absolute Gasteiger partial charge is 0.371 e. The first-order valence-electron chi connectivity index (χ1n) is 5.54. The smallest absolute Gasteiger partial charge is 0.243 e. The normalized spacial score (nSPS) is 18.6. The summed E-state index contributed by atoms with van der Waals surface area (Å²) < 4.78 is 0.993. The Morgan fingerprint density at radius 1 is 1.41 bits per heavy atom. The predicted molar refractivity (Wildman–Crippen MR) is 76.2 cm³/mol. The number of benzene rings is 1. The molecule has 1 amide bonds. The maximum atomic E-state index is 11.7. The quantitative estimate of drug-likeness (QED) is 0.901. The first-order chi connectivity index (χ1) is 8.12. The number of carbonyl (C=O) groups is 1. The highest BCUT2D eigenvalue weighted by Crippen LogP contribution is 2.31. The minimum atomic E-state index is -0.577. The molecule has 2 rings (SSSR count). The standard InChI is InChI=1S/C12H15BrN2OS/c13-9-2-1-3-10(8-9)15-12(11(14)16)4-6-17-7-5-12/h1-3,8,15H,4-7H2,(H2,14,16). The van der Waals surface area contributed by atoms with E-state index in [1.165, 1.54) is 0 Å². The van der Waals surface area contributed by atoms with Crippen LogP contribution in [0.3, 0.4) is 0 Å². The summed E-state index contributed by atoms with van der Waals surface area (Å²) in [7, 11) is 0. The Kier molecular flexibility index (Phi) is 3.99. The molecule has 1 heterocycles. The SMILES string of the molecule is NC(=O)C1(Nc2cccc(Br)c2)CCSCC1. The van der Waals surface area contributed by atoms with Gasteiger partial charge in [-0.15, -0.1) is 0 Å². The molecule has 0 aromatic heterocycles. The van der Waals surface area contributed by atoms with Crippen molar-refractivity contribution < 1.29 is 4.79 Å². The van der Waals surface area contributed by atoms with Crippen molar-refractivity contribution >= 4 is 39.3 Å². The van der Waals surface area contributed by atoms with Gasteiger partial charge < -0.3 is 11.1 Å². The number of thioether (sulfide) groups is 1. The topological polar surface area (TPSA) is 55.1 Å². The monoisotopic (exact) mass is 314 g/mol. The fourth-order valence-electron chi connectivity index (χ4n) is 2.00. The minimum absolute atomic E-state index is 0.252. The molecule has 17 heavy (non-hydrogen) atoms. The summed E-state index contributed by atoms with van der Waals surface area (Å²) in [5, 5.41) is 3.32. The number of nitrogens with two attached hydrogens (primary N) is 1. The van der Waals surface area contributed by atoms with Crippen LogP contribution < -0.4 is 11.1 Å². The second-order valence-electron chi connectivity index (χ2n) is 4.19. The Morgan fingerprint density at radius 2 is 2.12 bits per heavy atom. The molecule has 1 aliphatic heterocycles. The van der Waals surface area contributed by atoms with E-state index in [1.807, 2.05) is 36.0 Å². The van der Waals surface area contributed by atoms with Crippen molar-refractivity contribution in [3.63, 3.8) is 0 Å². The molecule has 1 aliphatic rings. The van der Waals surface area contributed by atoms with Crippen LogP contribution in [0.4, 0.5) is 5.69 Å². The molecule has 0 saturated carbocycles. The highest BCUT2D eigenvalue weighted by Gasteiger charge is 2.37. The van der Waals surface area contributed by atoms with E-state index >= 15 is 0 Å². The van der Waals surface area contributed by atoms with E-state index in [0.717, 1.165) is 34.5 Å². The van der Waals surface area contributed by atoms with Gasteiger partial charge in [-0.3, -0.25) is 4.79 Å². The molecule has 0 aliphatic carbocycles. The van der Waals surface area contributed by atoms with E-state index in [4.69, 9.17) is 5.73 Å². The van der Waals surface area contributed by atoms with Crippen molar-refractivity contribution in [2.45, 2.75) is 18.4 Å². The van der Waals surface area contributed by atoms with Crippen molar-refractivity contribution in [3.05, 3.63) is 28.7 Å². The summed E-state index contributed by atoms with van der Waals surface area (Å²) in [6.07, 6.45) is 1.58. The van der Waals surface area contributed by atoms with E-state index in [0.29, 0.717) is 0 Å². The van der Waals surface area contributed by atoms with Gasteiger partial charge in [-0.2, -0.15) is 11.8 Å². The number of primary amides is 1. The zero-order valence-corrected chi connectivity index (χ0v) is 11.8. The molecule has 1 aromatic carbocycles. The van der Waals surface area contributed by atoms with Gasteiger partial charge >= 0.3 is 0 Å². The molecule has 0 spiro atoms. The van der Waals surface area contributed by atoms with Gasteiger partial charge in [-0.25, -0.2) is 0 Å². The van der Waals surface area contributed by atoms with Crippen LogP contribution in [0.25, 0.3) is 0 Å². The second-order valence-corrected chi connectivity index (χ2v) is 6.33. The maximum Gasteiger partial charge on any atom is 0.243 e. The molecule has 1 aromatic rings. The van der Waals surface area contributed by atoms with Gasteiger partial charge in [-0.1, -0.05) is 22.0 Å². The summed E-state index contributed by atoms with van der Waals surface area (Å²) in [5.41, 5.74) is 5.92. The summed E-state index contributed by atoms with van der Waals surface area (Å²) >= 11 is 5.29. The van der Waals surface area contributed by atoms with E-state index in [-0.39, 0.29) is 5.91 Å². The molecule has 0 radical (unpaired) electrons. The molecule has 1 fully saturated rings. The number of carbonyl (C=O) groups excluding carboxylic acids is 1. The Hall–Kier alpha value is -0.680. The molecule has 0 atom stereocenters. The number of hydrogen-bond acceptors (Lipinski definition) is 3. The van der Waals surface area contributed by atoms with E-state index in [9.17, 15) is 4.79 Å². The third kappa shape index (κ3) is 2.96. The Labute approximate surface area is 114 Å². The summed E-state index contributed by atoms with van der Waals surface area (Å²) in [6.45, 7) is 0. The lowest BCUT2D eigenvalue weighted by Crippen LogP contribution is -2.52. The van der Waals surface area contributed by atoms with Crippen LogP contribution in [0.2, 0.25) is 0 Å². The van der Waals surface area contributed by atoms with E-state index in [2.05, 4.69) is 21.2 Å². The zero-order chi connectivity index (χ0) is 12.3. The molecule has 0 bridgehead atoms. The van der Waals surface area contributed by atoms with Crippen LogP contribution in [0, 0.1) is 0 Å². The Balaban J connectivity index is 2.20. The molecule has 1 saturated heterocycles. The van der Waals surface area contributed by atoms with Gasteiger partial charge in [0.2, 0.25) is 5.91 Å². The van der Waals surface area contributed by atoms with Crippen molar-refractivity contribution in [3.8, 4) is 0 Å². The van der Waals surface area contributed by atoms with Crippen molar-refractivity contribution in [2.24, 2.45) is 5.73 Å². The highest BCUT2D eigenvalue weighted by atomic mass is 79.9. The third-order valence-corrected chi connectivity index (χ3v) is 4.51. The van der Waals surface area contributed by atoms with Crippen LogP contribution in [0.15, 0.2) is 28.7 Å². The lowest BCUT2D eigenvalue weighted by atomic mass is 9.91. The lowest BCUT2D eigenvalue weighted by molar-refractivity contribution is -0.122. The molecule has 3 nitrogen and oxygen atoms in total. The number of rotatable bonds is 3. The van der Waals surface area contributed by atoms with Gasteiger partial charge in [0.1, 0.15) is 5.54 Å². The molecular weight excluding hydrogens is 300 g/mol. The predicted octanol–water partition coefficient (Wildman–Crippen LogP) is 2.61. The first kappa shape index (κ1) is 12.8. The number of halogens is 1. The van der Waals surface area contributed by atoms with Crippen LogP contribution >= 0.6 is 27.7 Å². The van der Waals surface area contributed by atoms with Gasteiger partial charge in [0.15, 0.2) is 0 Å². The molecule has 3 N–H and O–H groups in total. The second kappa shape index (κ2) is 5.31. The van der Waals surface area contributed by atoms with Crippen molar-refractivity contribution in [1.29, 1.82) is 0 Å². The number of hydrogen-bond donors (Lipinski definition) is 2. The highest BCUT2D eigenvalue weighted by molar-refractivity contribution is 9.10. The zero-order valence-electron chi connectivity index (χ0n) is 9.41. The number of nitrogens with one attached hydrogen (secondary N) is 1. The van der Waals surface area contributed by atoms with Crippen molar-refractivity contribution in [2.75, 3.05) is 16.8 Å². The lowest BCUT2D eigenvalue weighted by Gasteiger charge is -2.35. The Morgan fingerprint density at radius 3 is 2.71 bits per heavy atom. The fraction of sp³-hybridized carbons (Fsp3) is 0.417. The summed E-state index contributed by atoms with van der Waals surface area (Å²) in [4.78, 5) is 11.7.